The summed E-state index contributed by atoms with van der Waals surface area (Å²) in [6, 6.07) is 6.78. The Balaban J connectivity index is 2.19. The molecule has 0 saturated carbocycles. The van der Waals surface area contributed by atoms with Gasteiger partial charge in [0.05, 0.1) is 24.4 Å². The standard InChI is InChI=1S/C16H17BrN2O4/c1-10-6-12(17)16(21)19(8-10)9-15(20)18-13-5-4-11(22-2)7-14(13)23-3/h4-8H,9H2,1-3H3,(H,18,20). The van der Waals surface area contributed by atoms with Crippen LogP contribution in [0.2, 0.25) is 0 Å². The van der Waals surface area contributed by atoms with Gasteiger partial charge in [0, 0.05) is 12.3 Å². The molecule has 0 aliphatic heterocycles. The van der Waals surface area contributed by atoms with Crippen LogP contribution in [0, 0.1) is 6.92 Å². The highest BCUT2D eigenvalue weighted by Crippen LogP contribution is 2.28. The zero-order valence-corrected chi connectivity index (χ0v) is 14.6. The molecular weight excluding hydrogens is 364 g/mol. The van der Waals surface area contributed by atoms with Gasteiger partial charge in [-0.15, -0.1) is 0 Å². The lowest BCUT2D eigenvalue weighted by Crippen LogP contribution is -2.28. The fourth-order valence-corrected chi connectivity index (χ4v) is 2.69. The van der Waals surface area contributed by atoms with Gasteiger partial charge in [-0.3, -0.25) is 9.59 Å². The van der Waals surface area contributed by atoms with Crippen molar-refractivity contribution in [1.29, 1.82) is 0 Å². The molecule has 0 bridgehead atoms. The van der Waals surface area contributed by atoms with Gasteiger partial charge in [-0.1, -0.05) is 0 Å². The predicted molar refractivity (Wildman–Crippen MR) is 91.3 cm³/mol. The number of hydrogen-bond donors (Lipinski definition) is 1. The van der Waals surface area contributed by atoms with Gasteiger partial charge in [0.25, 0.3) is 5.56 Å². The number of hydrogen-bond acceptors (Lipinski definition) is 4. The number of halogens is 1. The molecule has 1 aromatic carbocycles. The van der Waals surface area contributed by atoms with Crippen LogP contribution in [-0.4, -0.2) is 24.7 Å². The third-order valence-electron chi connectivity index (χ3n) is 3.18. The van der Waals surface area contributed by atoms with E-state index in [4.69, 9.17) is 9.47 Å². The fraction of sp³-hybridized carbons (Fsp3) is 0.250. The molecule has 6 nitrogen and oxygen atoms in total. The van der Waals surface area contributed by atoms with Crippen LogP contribution in [0.5, 0.6) is 11.5 Å². The van der Waals surface area contributed by atoms with Crippen molar-refractivity contribution in [2.75, 3.05) is 19.5 Å². The Kier molecular flexibility index (Phi) is 5.44. The molecule has 1 heterocycles. The van der Waals surface area contributed by atoms with Crippen molar-refractivity contribution < 1.29 is 14.3 Å². The number of rotatable bonds is 5. The van der Waals surface area contributed by atoms with Crippen LogP contribution in [0.3, 0.4) is 0 Å². The molecule has 0 radical (unpaired) electrons. The number of carbonyl (C=O) groups excluding carboxylic acids is 1. The summed E-state index contributed by atoms with van der Waals surface area (Å²) in [6.45, 7) is 1.76. The van der Waals surface area contributed by atoms with E-state index in [0.29, 0.717) is 21.7 Å². The van der Waals surface area contributed by atoms with E-state index in [1.54, 1.807) is 37.6 Å². The van der Waals surface area contributed by atoms with Gasteiger partial charge in [-0.2, -0.15) is 0 Å². The van der Waals surface area contributed by atoms with Crippen molar-refractivity contribution in [2.24, 2.45) is 0 Å². The second kappa shape index (κ2) is 7.32. The summed E-state index contributed by atoms with van der Waals surface area (Å²) in [5.74, 6) is 0.780. The van der Waals surface area contributed by atoms with Gasteiger partial charge in [-0.05, 0) is 46.6 Å². The summed E-state index contributed by atoms with van der Waals surface area (Å²) in [6.07, 6.45) is 1.64. The van der Waals surface area contributed by atoms with E-state index in [2.05, 4.69) is 21.2 Å². The lowest BCUT2D eigenvalue weighted by atomic mass is 10.2. The number of methoxy groups -OCH3 is 2. The molecule has 0 aliphatic carbocycles. The van der Waals surface area contributed by atoms with Gasteiger partial charge >= 0.3 is 0 Å². The molecule has 1 amide bonds. The molecule has 0 spiro atoms. The normalized spacial score (nSPS) is 10.3. The largest absolute Gasteiger partial charge is 0.497 e. The second-order valence-electron chi connectivity index (χ2n) is 4.91. The van der Waals surface area contributed by atoms with E-state index in [1.165, 1.54) is 11.7 Å². The van der Waals surface area contributed by atoms with E-state index in [1.807, 2.05) is 6.92 Å². The lowest BCUT2D eigenvalue weighted by molar-refractivity contribution is -0.116. The second-order valence-corrected chi connectivity index (χ2v) is 5.77. The monoisotopic (exact) mass is 380 g/mol. The van der Waals surface area contributed by atoms with E-state index < -0.39 is 0 Å². The number of carbonyl (C=O) groups is 1. The maximum atomic E-state index is 12.2. The molecule has 1 aromatic heterocycles. The van der Waals surface area contributed by atoms with Crippen molar-refractivity contribution in [1.82, 2.24) is 4.57 Å². The molecule has 122 valence electrons. The first-order chi connectivity index (χ1) is 10.9. The maximum Gasteiger partial charge on any atom is 0.265 e. The van der Waals surface area contributed by atoms with Crippen molar-refractivity contribution in [2.45, 2.75) is 13.5 Å². The van der Waals surface area contributed by atoms with E-state index >= 15 is 0 Å². The van der Waals surface area contributed by atoms with E-state index in [9.17, 15) is 9.59 Å². The Hall–Kier alpha value is -2.28. The lowest BCUT2D eigenvalue weighted by Gasteiger charge is -2.12. The predicted octanol–water partition coefficient (Wildman–Crippen LogP) is 2.58. The zero-order chi connectivity index (χ0) is 17.0. The molecule has 1 N–H and O–H groups in total. The van der Waals surface area contributed by atoms with Crippen molar-refractivity contribution in [3.8, 4) is 11.5 Å². The van der Waals surface area contributed by atoms with Crippen molar-refractivity contribution in [3.63, 3.8) is 0 Å². The quantitative estimate of drug-likeness (QED) is 0.865. The van der Waals surface area contributed by atoms with Crippen molar-refractivity contribution in [3.05, 3.63) is 50.9 Å². The Morgan fingerprint density at radius 3 is 2.65 bits per heavy atom. The maximum absolute atomic E-state index is 12.2. The summed E-state index contributed by atoms with van der Waals surface area (Å²) < 4.78 is 12.1. The van der Waals surface area contributed by atoms with Gasteiger partial charge in [0.1, 0.15) is 18.0 Å². The Bertz CT molecular complexity index is 786. The summed E-state index contributed by atoms with van der Waals surface area (Å²) in [7, 11) is 3.06. The zero-order valence-electron chi connectivity index (χ0n) is 13.1. The number of nitrogens with one attached hydrogen (secondary N) is 1. The van der Waals surface area contributed by atoms with Crippen LogP contribution < -0.4 is 20.3 Å². The average molecular weight is 381 g/mol. The third-order valence-corrected chi connectivity index (χ3v) is 3.74. The number of ether oxygens (including phenoxy) is 2. The van der Waals surface area contributed by atoms with Crippen LogP contribution in [0.25, 0.3) is 0 Å². The highest BCUT2D eigenvalue weighted by Gasteiger charge is 2.11. The Morgan fingerprint density at radius 1 is 1.26 bits per heavy atom. The highest BCUT2D eigenvalue weighted by atomic mass is 79.9. The minimum Gasteiger partial charge on any atom is -0.497 e. The smallest absolute Gasteiger partial charge is 0.265 e. The molecule has 2 aromatic rings. The van der Waals surface area contributed by atoms with Gasteiger partial charge in [0.2, 0.25) is 5.91 Å². The molecule has 0 atom stereocenters. The van der Waals surface area contributed by atoms with Crippen LogP contribution in [-0.2, 0) is 11.3 Å². The SMILES string of the molecule is COc1ccc(NC(=O)Cn2cc(C)cc(Br)c2=O)c(OC)c1. The number of aromatic nitrogens is 1. The van der Waals surface area contributed by atoms with Crippen molar-refractivity contribution >= 4 is 27.5 Å². The summed E-state index contributed by atoms with van der Waals surface area (Å²) in [4.78, 5) is 24.2. The summed E-state index contributed by atoms with van der Waals surface area (Å²) >= 11 is 3.19. The topological polar surface area (TPSA) is 69.6 Å². The van der Waals surface area contributed by atoms with Crippen LogP contribution in [0.4, 0.5) is 5.69 Å². The molecule has 0 unspecified atom stereocenters. The number of benzene rings is 1. The summed E-state index contributed by atoms with van der Waals surface area (Å²) in [5.41, 5.74) is 1.14. The molecule has 0 saturated heterocycles. The molecule has 0 aliphatic rings. The first kappa shape index (κ1) is 17.1. The number of pyridine rings is 1. The van der Waals surface area contributed by atoms with Gasteiger partial charge in [0.15, 0.2) is 0 Å². The molecule has 0 fully saturated rings. The van der Waals surface area contributed by atoms with Gasteiger partial charge in [-0.25, -0.2) is 0 Å². The fourth-order valence-electron chi connectivity index (χ4n) is 2.10. The van der Waals surface area contributed by atoms with Crippen LogP contribution >= 0.6 is 15.9 Å². The number of nitrogens with zero attached hydrogens (tertiary/aromatic N) is 1. The Morgan fingerprint density at radius 2 is 2.00 bits per heavy atom. The van der Waals surface area contributed by atoms with Gasteiger partial charge < -0.3 is 19.4 Å². The molecular formula is C16H17BrN2O4. The Labute approximate surface area is 142 Å². The van der Waals surface area contributed by atoms with E-state index in [-0.39, 0.29) is 18.0 Å². The van der Waals surface area contributed by atoms with E-state index in [0.717, 1.165) is 5.56 Å². The van der Waals surface area contributed by atoms with Crippen LogP contribution in [0.15, 0.2) is 39.7 Å². The number of amides is 1. The molecule has 23 heavy (non-hydrogen) atoms. The molecule has 2 rings (SSSR count). The van der Waals surface area contributed by atoms with Crippen LogP contribution in [0.1, 0.15) is 5.56 Å². The third kappa shape index (κ3) is 4.13. The first-order valence-electron chi connectivity index (χ1n) is 6.83. The first-order valence-corrected chi connectivity index (χ1v) is 7.62. The minimum atomic E-state index is -0.326. The molecule has 7 heteroatoms. The highest BCUT2D eigenvalue weighted by molar-refractivity contribution is 9.10. The number of anilines is 1. The average Bonchev–Trinajstić information content (AvgIpc) is 2.52. The summed E-state index contributed by atoms with van der Waals surface area (Å²) in [5, 5.41) is 2.73. The minimum absolute atomic E-state index is 0.0890. The number of aryl methyl sites for hydroxylation is 1.